The third-order valence-electron chi connectivity index (χ3n) is 5.45. The Bertz CT molecular complexity index is 1300. The second-order valence-corrected chi connectivity index (χ2v) is 9.18. The summed E-state index contributed by atoms with van der Waals surface area (Å²) in [5.41, 5.74) is 3.53. The first-order chi connectivity index (χ1) is 15.7. The maximum atomic E-state index is 12.1. The van der Waals surface area contributed by atoms with E-state index < -0.39 is 23.7 Å². The number of benzene rings is 3. The zero-order valence-electron chi connectivity index (χ0n) is 19.0. The first-order valence-corrected chi connectivity index (χ1v) is 11.0. The molecule has 4 rings (SSSR count). The van der Waals surface area contributed by atoms with Gasteiger partial charge in [0.15, 0.2) is 0 Å². The van der Waals surface area contributed by atoms with Crippen LogP contribution in [-0.4, -0.2) is 33.4 Å². The Kier molecular flexibility index (Phi) is 6.09. The molecule has 0 spiro atoms. The molecule has 0 aliphatic rings. The van der Waals surface area contributed by atoms with E-state index in [4.69, 9.17) is 4.74 Å². The third kappa shape index (κ3) is 5.17. The topological polar surface area (TPSA) is 80.6 Å². The number of rotatable bonds is 6. The number of hydrogen-bond donors (Lipinski definition) is 2. The fraction of sp³-hybridized carbons (Fsp3) is 0.259. The van der Waals surface area contributed by atoms with Gasteiger partial charge in [0.2, 0.25) is 0 Å². The first kappa shape index (κ1) is 22.4. The number of ether oxygens (including phenoxy) is 1. The van der Waals surface area contributed by atoms with Crippen molar-refractivity contribution in [3.8, 4) is 0 Å². The van der Waals surface area contributed by atoms with Crippen LogP contribution >= 0.6 is 0 Å². The first-order valence-electron chi connectivity index (χ1n) is 11.0. The molecule has 1 aromatic heterocycles. The Morgan fingerprint density at radius 1 is 0.909 bits per heavy atom. The monoisotopic (exact) mass is 444 g/mol. The molecule has 6 heteroatoms. The SMILES string of the molecule is CC(C)(C)OC(=O)NC(Cc1ccc2c(c1)c1ccccc1n2Cc1ccccc1)C(=O)O. The number of carbonyl (C=O) groups is 2. The highest BCUT2D eigenvalue weighted by atomic mass is 16.6. The largest absolute Gasteiger partial charge is 0.480 e. The number of carboxylic acids is 1. The molecule has 4 aromatic rings. The van der Waals surface area contributed by atoms with E-state index in [-0.39, 0.29) is 6.42 Å². The highest BCUT2D eigenvalue weighted by Gasteiger charge is 2.24. The summed E-state index contributed by atoms with van der Waals surface area (Å²) in [5.74, 6) is -1.10. The zero-order valence-corrected chi connectivity index (χ0v) is 19.0. The van der Waals surface area contributed by atoms with E-state index in [9.17, 15) is 14.7 Å². The summed E-state index contributed by atoms with van der Waals surface area (Å²) in [5, 5.41) is 14.3. The van der Waals surface area contributed by atoms with Crippen molar-refractivity contribution in [2.45, 2.75) is 45.4 Å². The molecule has 3 aromatic carbocycles. The van der Waals surface area contributed by atoms with Crippen molar-refractivity contribution < 1.29 is 19.4 Å². The predicted molar refractivity (Wildman–Crippen MR) is 129 cm³/mol. The molecule has 2 N–H and O–H groups in total. The molecule has 170 valence electrons. The minimum atomic E-state index is -1.10. The van der Waals surface area contributed by atoms with Gasteiger partial charge in [-0.15, -0.1) is 0 Å². The average Bonchev–Trinajstić information content (AvgIpc) is 3.06. The Morgan fingerprint density at radius 3 is 2.27 bits per heavy atom. The van der Waals surface area contributed by atoms with Gasteiger partial charge in [-0.25, -0.2) is 9.59 Å². The molecule has 33 heavy (non-hydrogen) atoms. The highest BCUT2D eigenvalue weighted by molar-refractivity contribution is 6.08. The van der Waals surface area contributed by atoms with E-state index in [1.165, 1.54) is 5.56 Å². The number of hydrogen-bond acceptors (Lipinski definition) is 3. The van der Waals surface area contributed by atoms with E-state index >= 15 is 0 Å². The van der Waals surface area contributed by atoms with Gasteiger partial charge in [0.25, 0.3) is 0 Å². The Balaban J connectivity index is 1.67. The Labute approximate surface area is 192 Å². The summed E-state index contributed by atoms with van der Waals surface area (Å²) < 4.78 is 7.50. The lowest BCUT2D eigenvalue weighted by atomic mass is 10.0. The van der Waals surface area contributed by atoms with Crippen molar-refractivity contribution in [2.75, 3.05) is 0 Å². The Hall–Kier alpha value is -3.80. The van der Waals surface area contributed by atoms with Crippen LogP contribution < -0.4 is 5.32 Å². The standard InChI is InChI=1S/C27H28N2O4/c1-27(2,3)33-26(32)28-22(25(30)31)16-19-13-14-24-21(15-19)20-11-7-8-12-23(20)29(24)17-18-9-5-4-6-10-18/h4-15,22H,16-17H2,1-3H3,(H,28,32)(H,30,31). The minimum Gasteiger partial charge on any atom is -0.480 e. The lowest BCUT2D eigenvalue weighted by Crippen LogP contribution is -2.44. The summed E-state index contributed by atoms with van der Waals surface area (Å²) in [6.07, 6.45) is -0.585. The van der Waals surface area contributed by atoms with Gasteiger partial charge < -0.3 is 19.7 Å². The third-order valence-corrected chi connectivity index (χ3v) is 5.45. The molecular weight excluding hydrogens is 416 g/mol. The van der Waals surface area contributed by atoms with Crippen molar-refractivity contribution in [3.63, 3.8) is 0 Å². The van der Waals surface area contributed by atoms with Crippen LogP contribution in [0, 0.1) is 0 Å². The fourth-order valence-corrected chi connectivity index (χ4v) is 4.05. The molecule has 1 unspecified atom stereocenters. The van der Waals surface area contributed by atoms with Crippen LogP contribution in [0.5, 0.6) is 0 Å². The summed E-state index contributed by atoms with van der Waals surface area (Å²) in [7, 11) is 0. The molecule has 0 fully saturated rings. The van der Waals surface area contributed by atoms with Crippen molar-refractivity contribution >= 4 is 33.9 Å². The Morgan fingerprint density at radius 2 is 1.58 bits per heavy atom. The summed E-state index contributed by atoms with van der Waals surface area (Å²) >= 11 is 0. The highest BCUT2D eigenvalue weighted by Crippen LogP contribution is 2.31. The number of carboxylic acid groups (broad SMARTS) is 1. The second-order valence-electron chi connectivity index (χ2n) is 9.18. The van der Waals surface area contributed by atoms with Crippen LogP contribution in [0.25, 0.3) is 21.8 Å². The maximum absolute atomic E-state index is 12.1. The van der Waals surface area contributed by atoms with Crippen LogP contribution in [0.15, 0.2) is 72.8 Å². The number of carbonyl (C=O) groups excluding carboxylic acids is 1. The van der Waals surface area contributed by atoms with E-state index in [0.29, 0.717) is 0 Å². The number of amides is 1. The number of alkyl carbamates (subject to hydrolysis) is 1. The van der Waals surface area contributed by atoms with Gasteiger partial charge in [0.1, 0.15) is 11.6 Å². The number of para-hydroxylation sites is 1. The van der Waals surface area contributed by atoms with Crippen LogP contribution in [0.2, 0.25) is 0 Å². The minimum absolute atomic E-state index is 0.155. The van der Waals surface area contributed by atoms with Crippen molar-refractivity contribution in [3.05, 3.63) is 83.9 Å². The van der Waals surface area contributed by atoms with Gasteiger partial charge in [-0.05, 0) is 50.1 Å². The van der Waals surface area contributed by atoms with E-state index in [1.807, 2.05) is 48.5 Å². The van der Waals surface area contributed by atoms with Gasteiger partial charge in [0, 0.05) is 34.8 Å². The van der Waals surface area contributed by atoms with Gasteiger partial charge >= 0.3 is 12.1 Å². The molecule has 0 bridgehead atoms. The number of aliphatic carboxylic acids is 1. The molecule has 0 radical (unpaired) electrons. The summed E-state index contributed by atoms with van der Waals surface area (Å²) in [6, 6.07) is 23.4. The predicted octanol–water partition coefficient (Wildman–Crippen LogP) is 5.36. The molecule has 1 heterocycles. The normalized spacial score (nSPS) is 12.6. The number of nitrogens with zero attached hydrogens (tertiary/aromatic N) is 1. The van der Waals surface area contributed by atoms with Crippen LogP contribution in [0.4, 0.5) is 4.79 Å². The van der Waals surface area contributed by atoms with E-state index in [2.05, 4.69) is 34.1 Å². The van der Waals surface area contributed by atoms with Crippen molar-refractivity contribution in [1.29, 1.82) is 0 Å². The summed E-state index contributed by atoms with van der Waals surface area (Å²) in [6.45, 7) is 5.95. The zero-order chi connectivity index (χ0) is 23.6. The molecule has 0 aliphatic heterocycles. The fourth-order valence-electron chi connectivity index (χ4n) is 4.05. The van der Waals surface area contributed by atoms with Crippen LogP contribution in [0.3, 0.4) is 0 Å². The van der Waals surface area contributed by atoms with E-state index in [1.54, 1.807) is 20.8 Å². The lowest BCUT2D eigenvalue weighted by molar-refractivity contribution is -0.139. The molecule has 0 saturated heterocycles. The van der Waals surface area contributed by atoms with Gasteiger partial charge in [-0.1, -0.05) is 54.6 Å². The molecule has 6 nitrogen and oxygen atoms in total. The molecule has 0 aliphatic carbocycles. The lowest BCUT2D eigenvalue weighted by Gasteiger charge is -2.22. The molecular formula is C27H28N2O4. The number of aromatic nitrogens is 1. The van der Waals surface area contributed by atoms with Crippen molar-refractivity contribution in [1.82, 2.24) is 9.88 Å². The van der Waals surface area contributed by atoms with Crippen molar-refractivity contribution in [2.24, 2.45) is 0 Å². The molecule has 0 saturated carbocycles. The maximum Gasteiger partial charge on any atom is 0.408 e. The van der Waals surface area contributed by atoms with Gasteiger partial charge in [0.05, 0.1) is 0 Å². The summed E-state index contributed by atoms with van der Waals surface area (Å²) in [4.78, 5) is 23.9. The quantitative estimate of drug-likeness (QED) is 0.419. The van der Waals surface area contributed by atoms with Gasteiger partial charge in [-0.2, -0.15) is 0 Å². The van der Waals surface area contributed by atoms with Crippen LogP contribution in [0.1, 0.15) is 31.9 Å². The second kappa shape index (κ2) is 8.98. The smallest absolute Gasteiger partial charge is 0.408 e. The van der Waals surface area contributed by atoms with Crippen LogP contribution in [-0.2, 0) is 22.5 Å². The molecule has 1 atom stereocenters. The number of nitrogens with one attached hydrogen (secondary N) is 1. The number of fused-ring (bicyclic) bond motifs is 3. The average molecular weight is 445 g/mol. The van der Waals surface area contributed by atoms with E-state index in [0.717, 1.165) is 33.9 Å². The van der Waals surface area contributed by atoms with Gasteiger partial charge in [-0.3, -0.25) is 0 Å². The molecule has 1 amide bonds.